The van der Waals surface area contributed by atoms with Gasteiger partial charge in [0, 0.05) is 29.6 Å². The number of methoxy groups -OCH3 is 1. The van der Waals surface area contributed by atoms with Crippen molar-refractivity contribution in [2.45, 2.75) is 17.7 Å². The fourth-order valence-electron chi connectivity index (χ4n) is 3.59. The van der Waals surface area contributed by atoms with Crippen LogP contribution in [-0.4, -0.2) is 50.9 Å². The fraction of sp³-hybridized carbons (Fsp3) is 0.208. The Labute approximate surface area is 196 Å². The maximum absolute atomic E-state index is 13.0. The van der Waals surface area contributed by atoms with Crippen LogP contribution in [0.5, 0.6) is 5.75 Å². The molecule has 3 aromatic rings. The van der Waals surface area contributed by atoms with E-state index in [4.69, 9.17) is 9.15 Å². The number of hydrogen-bond donors (Lipinski definition) is 1. The van der Waals surface area contributed by atoms with Gasteiger partial charge in [-0.1, -0.05) is 6.07 Å². The number of ether oxygens (including phenoxy) is 1. The highest BCUT2D eigenvalue weighted by atomic mass is 32.2. The van der Waals surface area contributed by atoms with Gasteiger partial charge in [0.2, 0.25) is 0 Å². The number of sulfone groups is 1. The van der Waals surface area contributed by atoms with Crippen molar-refractivity contribution < 1.29 is 27.2 Å². The number of benzene rings is 2. The van der Waals surface area contributed by atoms with Crippen LogP contribution in [0.3, 0.4) is 0 Å². The standard InChI is InChI=1S/C24H23N3O6S/c1-32-21-15-17(9-12-22(21)34(2,30)31)19-5-3-13-27(26-19)24(29)16-7-10-18(11-8-16)25-23(28)20-6-4-14-33-20/h4,6-12,14-15H,3,5,13H2,1-2H3,(H,25,28). The van der Waals surface area contributed by atoms with E-state index < -0.39 is 9.84 Å². The summed E-state index contributed by atoms with van der Waals surface area (Å²) < 4.78 is 34.2. The van der Waals surface area contributed by atoms with Crippen LogP contribution in [0.2, 0.25) is 0 Å². The zero-order valence-electron chi connectivity index (χ0n) is 18.6. The van der Waals surface area contributed by atoms with Crippen LogP contribution < -0.4 is 10.1 Å². The molecule has 2 heterocycles. The van der Waals surface area contributed by atoms with E-state index in [1.807, 2.05) is 0 Å². The van der Waals surface area contributed by atoms with Gasteiger partial charge in [0.05, 0.1) is 19.1 Å². The molecule has 0 unspecified atom stereocenters. The second kappa shape index (κ2) is 9.52. The Balaban J connectivity index is 1.51. The first-order chi connectivity index (χ1) is 16.3. The van der Waals surface area contributed by atoms with E-state index in [1.165, 1.54) is 24.4 Å². The van der Waals surface area contributed by atoms with Crippen LogP contribution in [0.15, 0.2) is 75.3 Å². The lowest BCUT2D eigenvalue weighted by molar-refractivity contribution is 0.0751. The molecular formula is C24H23N3O6S. The molecule has 4 rings (SSSR count). The van der Waals surface area contributed by atoms with Gasteiger partial charge in [-0.15, -0.1) is 0 Å². The average Bonchev–Trinajstić information content (AvgIpc) is 3.38. The number of rotatable bonds is 6. The predicted octanol–water partition coefficient (Wildman–Crippen LogP) is 3.58. The number of nitrogens with zero attached hydrogens (tertiary/aromatic N) is 2. The number of hydrazone groups is 1. The number of furan rings is 1. The summed E-state index contributed by atoms with van der Waals surface area (Å²) in [6.07, 6.45) is 3.89. The monoisotopic (exact) mass is 481 g/mol. The quantitative estimate of drug-likeness (QED) is 0.575. The lowest BCUT2D eigenvalue weighted by Gasteiger charge is -2.24. The van der Waals surface area contributed by atoms with Gasteiger partial charge >= 0.3 is 0 Å². The summed E-state index contributed by atoms with van der Waals surface area (Å²) in [6.45, 7) is 0.456. The van der Waals surface area contributed by atoms with Crippen molar-refractivity contribution in [3.05, 3.63) is 77.7 Å². The third kappa shape index (κ3) is 5.01. The van der Waals surface area contributed by atoms with Gasteiger partial charge in [0.1, 0.15) is 10.6 Å². The van der Waals surface area contributed by atoms with Gasteiger partial charge in [0.15, 0.2) is 15.6 Å². The Morgan fingerprint density at radius 1 is 1.12 bits per heavy atom. The lowest BCUT2D eigenvalue weighted by Crippen LogP contribution is -2.32. The Hall–Kier alpha value is -3.92. The summed E-state index contributed by atoms with van der Waals surface area (Å²) in [5, 5.41) is 8.61. The van der Waals surface area contributed by atoms with E-state index >= 15 is 0 Å². The molecule has 0 aliphatic carbocycles. The van der Waals surface area contributed by atoms with Crippen molar-refractivity contribution >= 4 is 33.1 Å². The number of carbonyl (C=O) groups excluding carboxylic acids is 2. The number of nitrogens with one attached hydrogen (secondary N) is 1. The second-order valence-corrected chi connectivity index (χ2v) is 9.71. The molecule has 1 aliphatic rings. The van der Waals surface area contributed by atoms with Gasteiger partial charge in [-0.3, -0.25) is 9.59 Å². The number of amides is 2. The molecule has 0 bridgehead atoms. The molecule has 34 heavy (non-hydrogen) atoms. The zero-order valence-corrected chi connectivity index (χ0v) is 19.5. The predicted molar refractivity (Wildman–Crippen MR) is 126 cm³/mol. The Morgan fingerprint density at radius 3 is 2.53 bits per heavy atom. The lowest BCUT2D eigenvalue weighted by atomic mass is 10.0. The minimum atomic E-state index is -3.44. The molecule has 0 saturated carbocycles. The molecular weight excluding hydrogens is 458 g/mol. The number of carbonyl (C=O) groups is 2. The zero-order chi connectivity index (χ0) is 24.3. The second-order valence-electron chi connectivity index (χ2n) is 7.73. The topological polar surface area (TPSA) is 118 Å². The first kappa shape index (κ1) is 23.2. The van der Waals surface area contributed by atoms with Crippen molar-refractivity contribution in [2.75, 3.05) is 25.2 Å². The summed E-state index contributed by atoms with van der Waals surface area (Å²) >= 11 is 0. The number of hydrogen-bond acceptors (Lipinski definition) is 7. The van der Waals surface area contributed by atoms with Crippen LogP contribution in [0.25, 0.3) is 0 Å². The number of anilines is 1. The van der Waals surface area contributed by atoms with Crippen molar-refractivity contribution in [2.24, 2.45) is 5.10 Å². The van der Waals surface area contributed by atoms with E-state index in [0.717, 1.165) is 6.26 Å². The molecule has 2 aromatic carbocycles. The Morgan fingerprint density at radius 2 is 1.88 bits per heavy atom. The van der Waals surface area contributed by atoms with Crippen molar-refractivity contribution in [3.8, 4) is 5.75 Å². The van der Waals surface area contributed by atoms with Crippen LogP contribution in [0.4, 0.5) is 5.69 Å². The van der Waals surface area contributed by atoms with E-state index in [0.29, 0.717) is 41.9 Å². The first-order valence-corrected chi connectivity index (χ1v) is 12.4. The molecule has 0 saturated heterocycles. The molecule has 0 spiro atoms. The molecule has 2 amide bonds. The summed E-state index contributed by atoms with van der Waals surface area (Å²) in [5.74, 6) is -0.234. The van der Waals surface area contributed by atoms with Gasteiger partial charge in [-0.05, 0) is 61.4 Å². The summed E-state index contributed by atoms with van der Waals surface area (Å²) in [6, 6.07) is 14.5. The first-order valence-electron chi connectivity index (χ1n) is 10.5. The molecule has 176 valence electrons. The third-order valence-electron chi connectivity index (χ3n) is 5.29. The van der Waals surface area contributed by atoms with Crippen molar-refractivity contribution in [1.82, 2.24) is 5.01 Å². The highest BCUT2D eigenvalue weighted by Gasteiger charge is 2.22. The van der Waals surface area contributed by atoms with Crippen LogP contribution in [0.1, 0.15) is 39.3 Å². The summed E-state index contributed by atoms with van der Waals surface area (Å²) in [5.41, 5.74) is 2.31. The van der Waals surface area contributed by atoms with Gasteiger partial charge < -0.3 is 14.5 Å². The average molecular weight is 482 g/mol. The molecule has 0 radical (unpaired) electrons. The summed E-state index contributed by atoms with van der Waals surface area (Å²) in [7, 11) is -2.03. The van der Waals surface area contributed by atoms with E-state index in [2.05, 4.69) is 10.4 Å². The molecule has 1 aromatic heterocycles. The third-order valence-corrected chi connectivity index (χ3v) is 6.43. The van der Waals surface area contributed by atoms with Gasteiger partial charge in [-0.2, -0.15) is 5.10 Å². The SMILES string of the molecule is COc1cc(C2=NN(C(=O)c3ccc(NC(=O)c4ccco4)cc3)CCC2)ccc1S(C)(=O)=O. The van der Waals surface area contributed by atoms with E-state index in [1.54, 1.807) is 48.5 Å². The Kier molecular flexibility index (Phi) is 6.51. The van der Waals surface area contributed by atoms with E-state index in [9.17, 15) is 18.0 Å². The fourth-order valence-corrected chi connectivity index (χ4v) is 4.41. The van der Waals surface area contributed by atoms with Crippen LogP contribution >= 0.6 is 0 Å². The minimum absolute atomic E-state index is 0.0994. The van der Waals surface area contributed by atoms with E-state index in [-0.39, 0.29) is 28.2 Å². The minimum Gasteiger partial charge on any atom is -0.495 e. The molecule has 9 nitrogen and oxygen atoms in total. The highest BCUT2D eigenvalue weighted by Crippen LogP contribution is 2.27. The van der Waals surface area contributed by atoms with Crippen molar-refractivity contribution in [3.63, 3.8) is 0 Å². The molecule has 1 aliphatic heterocycles. The smallest absolute Gasteiger partial charge is 0.291 e. The highest BCUT2D eigenvalue weighted by molar-refractivity contribution is 7.90. The summed E-state index contributed by atoms with van der Waals surface area (Å²) in [4.78, 5) is 25.2. The van der Waals surface area contributed by atoms with Crippen LogP contribution in [0, 0.1) is 0 Å². The maximum Gasteiger partial charge on any atom is 0.291 e. The van der Waals surface area contributed by atoms with Gasteiger partial charge in [0.25, 0.3) is 11.8 Å². The molecule has 0 fully saturated rings. The normalized spacial score (nSPS) is 13.8. The largest absolute Gasteiger partial charge is 0.495 e. The Bertz CT molecular complexity index is 1350. The molecule has 10 heteroatoms. The maximum atomic E-state index is 13.0. The van der Waals surface area contributed by atoms with Crippen molar-refractivity contribution in [1.29, 1.82) is 0 Å². The van der Waals surface area contributed by atoms with Gasteiger partial charge in [-0.25, -0.2) is 13.4 Å². The molecule has 0 atom stereocenters. The molecule has 1 N–H and O–H groups in total. The van der Waals surface area contributed by atoms with Crippen LogP contribution in [-0.2, 0) is 9.84 Å².